The molecule has 8 heteroatoms. The minimum absolute atomic E-state index is 0.0177. The van der Waals surface area contributed by atoms with Crippen molar-refractivity contribution >= 4 is 23.6 Å². The average molecular weight is 365 g/mol. The number of rotatable bonds is 7. The van der Waals surface area contributed by atoms with Crippen molar-refractivity contribution in [1.82, 2.24) is 0 Å². The van der Waals surface area contributed by atoms with Crippen LogP contribution in [0.25, 0.3) is 6.08 Å². The van der Waals surface area contributed by atoms with Crippen molar-refractivity contribution in [3.05, 3.63) is 66.0 Å². The van der Waals surface area contributed by atoms with E-state index in [0.717, 1.165) is 6.08 Å². The molecule has 0 saturated carbocycles. The molecule has 0 aliphatic heterocycles. The molecular formula is C18H14F3NO4. The molecule has 2 aromatic carbocycles. The number of hydrogen-bond donors (Lipinski definition) is 1. The van der Waals surface area contributed by atoms with Gasteiger partial charge in [0, 0.05) is 6.08 Å². The van der Waals surface area contributed by atoms with Gasteiger partial charge in [0.2, 0.25) is 0 Å². The predicted octanol–water partition coefficient (Wildman–Crippen LogP) is 3.62. The molecule has 0 fully saturated rings. The molecule has 0 unspecified atom stereocenters. The minimum atomic E-state index is -3.04. The number of nitrogens with one attached hydrogen (secondary N) is 1. The van der Waals surface area contributed by atoms with Gasteiger partial charge >= 0.3 is 12.6 Å². The second-order valence-corrected chi connectivity index (χ2v) is 4.92. The number of para-hydroxylation sites is 2. The molecule has 0 saturated heterocycles. The van der Waals surface area contributed by atoms with Gasteiger partial charge in [0.15, 0.2) is 6.61 Å². The number of benzene rings is 2. The van der Waals surface area contributed by atoms with Gasteiger partial charge in [0.25, 0.3) is 5.91 Å². The molecular weight excluding hydrogens is 351 g/mol. The summed E-state index contributed by atoms with van der Waals surface area (Å²) in [6, 6.07) is 11.1. The van der Waals surface area contributed by atoms with E-state index in [4.69, 9.17) is 4.74 Å². The molecule has 0 aliphatic carbocycles. The zero-order valence-corrected chi connectivity index (χ0v) is 13.3. The van der Waals surface area contributed by atoms with E-state index in [-0.39, 0.29) is 11.4 Å². The maximum Gasteiger partial charge on any atom is 0.387 e. The van der Waals surface area contributed by atoms with E-state index in [2.05, 4.69) is 10.1 Å². The Morgan fingerprint density at radius 3 is 2.62 bits per heavy atom. The van der Waals surface area contributed by atoms with Crippen LogP contribution in [-0.4, -0.2) is 25.1 Å². The Labute approximate surface area is 147 Å². The molecule has 1 amide bonds. The zero-order chi connectivity index (χ0) is 18.9. The molecule has 1 N–H and O–H groups in total. The zero-order valence-electron chi connectivity index (χ0n) is 13.3. The highest BCUT2D eigenvalue weighted by atomic mass is 19.3. The maximum atomic E-state index is 13.0. The van der Waals surface area contributed by atoms with Crippen molar-refractivity contribution in [2.45, 2.75) is 6.61 Å². The lowest BCUT2D eigenvalue weighted by Crippen LogP contribution is -2.20. The Balaban J connectivity index is 1.86. The molecule has 0 bridgehead atoms. The van der Waals surface area contributed by atoms with Crippen LogP contribution in [0.1, 0.15) is 5.56 Å². The van der Waals surface area contributed by atoms with Crippen molar-refractivity contribution in [1.29, 1.82) is 0 Å². The van der Waals surface area contributed by atoms with E-state index in [1.807, 2.05) is 0 Å². The summed E-state index contributed by atoms with van der Waals surface area (Å²) in [5, 5.41) is 2.30. The third kappa shape index (κ3) is 6.31. The number of anilines is 1. The lowest BCUT2D eigenvalue weighted by molar-refractivity contribution is -0.142. The van der Waals surface area contributed by atoms with Gasteiger partial charge < -0.3 is 14.8 Å². The van der Waals surface area contributed by atoms with E-state index < -0.39 is 30.9 Å². The number of alkyl halides is 2. The van der Waals surface area contributed by atoms with Crippen LogP contribution < -0.4 is 10.1 Å². The lowest BCUT2D eigenvalue weighted by atomic mass is 10.2. The fourth-order valence-corrected chi connectivity index (χ4v) is 1.91. The van der Waals surface area contributed by atoms with E-state index in [1.165, 1.54) is 48.5 Å². The fourth-order valence-electron chi connectivity index (χ4n) is 1.91. The molecule has 0 atom stereocenters. The molecule has 0 aliphatic rings. The Morgan fingerprint density at radius 2 is 1.88 bits per heavy atom. The smallest absolute Gasteiger partial charge is 0.387 e. The monoisotopic (exact) mass is 365 g/mol. The molecule has 2 aromatic rings. The Kier molecular flexibility index (Phi) is 6.78. The number of amides is 1. The van der Waals surface area contributed by atoms with Crippen LogP contribution in [0, 0.1) is 5.82 Å². The largest absolute Gasteiger partial charge is 0.452 e. The van der Waals surface area contributed by atoms with Crippen LogP contribution in [0.3, 0.4) is 0 Å². The van der Waals surface area contributed by atoms with E-state index in [0.29, 0.717) is 5.56 Å². The van der Waals surface area contributed by atoms with Gasteiger partial charge in [-0.3, -0.25) is 4.79 Å². The summed E-state index contributed by atoms with van der Waals surface area (Å²) in [4.78, 5) is 23.3. The Morgan fingerprint density at radius 1 is 1.12 bits per heavy atom. The summed E-state index contributed by atoms with van der Waals surface area (Å²) in [5.74, 6) is -2.22. The average Bonchev–Trinajstić information content (AvgIpc) is 2.59. The molecule has 0 radical (unpaired) electrons. The van der Waals surface area contributed by atoms with E-state index in [1.54, 1.807) is 6.07 Å². The highest BCUT2D eigenvalue weighted by molar-refractivity contribution is 5.95. The number of halogens is 3. The van der Waals surface area contributed by atoms with Crippen LogP contribution in [0.4, 0.5) is 18.9 Å². The molecule has 0 spiro atoms. The highest BCUT2D eigenvalue weighted by Crippen LogP contribution is 2.25. The third-order valence-electron chi connectivity index (χ3n) is 2.98. The number of hydrogen-bond acceptors (Lipinski definition) is 4. The summed E-state index contributed by atoms with van der Waals surface area (Å²) in [6.07, 6.45) is 2.37. The normalized spacial score (nSPS) is 10.8. The minimum Gasteiger partial charge on any atom is -0.452 e. The van der Waals surface area contributed by atoms with Gasteiger partial charge in [-0.15, -0.1) is 0 Å². The van der Waals surface area contributed by atoms with Crippen molar-refractivity contribution in [2.24, 2.45) is 0 Å². The summed E-state index contributed by atoms with van der Waals surface area (Å²) >= 11 is 0. The van der Waals surface area contributed by atoms with E-state index >= 15 is 0 Å². The first-order valence-electron chi connectivity index (χ1n) is 7.38. The van der Waals surface area contributed by atoms with Gasteiger partial charge in [0.1, 0.15) is 11.6 Å². The Bertz CT molecular complexity index is 809. The van der Waals surface area contributed by atoms with Gasteiger partial charge in [-0.05, 0) is 35.9 Å². The standard InChI is InChI=1S/C18H14F3NO4/c19-13-5-3-4-12(10-13)8-9-17(24)25-11-16(23)22-14-6-1-2-7-15(14)26-18(20)21/h1-10,18H,11H2,(H,22,23). The van der Waals surface area contributed by atoms with Crippen LogP contribution in [0.2, 0.25) is 0 Å². The summed E-state index contributed by atoms with van der Waals surface area (Å²) in [7, 11) is 0. The second kappa shape index (κ2) is 9.26. The molecule has 0 aromatic heterocycles. The molecule has 0 heterocycles. The molecule has 26 heavy (non-hydrogen) atoms. The van der Waals surface area contributed by atoms with Gasteiger partial charge in [0.05, 0.1) is 5.69 Å². The molecule has 5 nitrogen and oxygen atoms in total. The highest BCUT2D eigenvalue weighted by Gasteiger charge is 2.12. The quantitative estimate of drug-likeness (QED) is 0.601. The molecule has 136 valence electrons. The number of carbonyl (C=O) groups is 2. The fraction of sp³-hybridized carbons (Fsp3) is 0.111. The summed E-state index contributed by atoms with van der Waals surface area (Å²) < 4.78 is 46.6. The third-order valence-corrected chi connectivity index (χ3v) is 2.98. The second-order valence-electron chi connectivity index (χ2n) is 4.92. The Hall–Kier alpha value is -3.29. The summed E-state index contributed by atoms with van der Waals surface area (Å²) in [6.45, 7) is -3.67. The van der Waals surface area contributed by atoms with Crippen molar-refractivity contribution in [3.8, 4) is 5.75 Å². The predicted molar refractivity (Wildman–Crippen MR) is 88.1 cm³/mol. The number of ether oxygens (including phenoxy) is 2. The van der Waals surface area contributed by atoms with Gasteiger partial charge in [-0.2, -0.15) is 8.78 Å². The van der Waals surface area contributed by atoms with Gasteiger partial charge in [-0.1, -0.05) is 24.3 Å². The van der Waals surface area contributed by atoms with Crippen LogP contribution in [0.15, 0.2) is 54.6 Å². The van der Waals surface area contributed by atoms with Crippen LogP contribution in [0.5, 0.6) is 5.75 Å². The topological polar surface area (TPSA) is 64.6 Å². The van der Waals surface area contributed by atoms with Gasteiger partial charge in [-0.25, -0.2) is 9.18 Å². The summed E-state index contributed by atoms with van der Waals surface area (Å²) in [5.41, 5.74) is 0.466. The van der Waals surface area contributed by atoms with Crippen molar-refractivity contribution in [2.75, 3.05) is 11.9 Å². The maximum absolute atomic E-state index is 13.0. The number of esters is 1. The first kappa shape index (κ1) is 19.0. The number of carbonyl (C=O) groups excluding carboxylic acids is 2. The van der Waals surface area contributed by atoms with E-state index in [9.17, 15) is 22.8 Å². The van der Waals surface area contributed by atoms with Crippen LogP contribution in [-0.2, 0) is 14.3 Å². The van der Waals surface area contributed by atoms with Crippen LogP contribution >= 0.6 is 0 Å². The van der Waals surface area contributed by atoms with Crippen molar-refractivity contribution in [3.63, 3.8) is 0 Å². The van der Waals surface area contributed by atoms with Crippen molar-refractivity contribution < 1.29 is 32.2 Å². The SMILES string of the molecule is O=C(COC(=O)C=Cc1cccc(F)c1)Nc1ccccc1OC(F)F. The first-order chi connectivity index (χ1) is 12.4. The lowest BCUT2D eigenvalue weighted by Gasteiger charge is -2.11. The first-order valence-corrected chi connectivity index (χ1v) is 7.38. The molecule has 2 rings (SSSR count).